The monoisotopic (exact) mass is 462 g/mol. The summed E-state index contributed by atoms with van der Waals surface area (Å²) in [6.07, 6.45) is 4.79. The number of aliphatic imine (C=N–C) groups is 1. The van der Waals surface area contributed by atoms with Crippen LogP contribution in [-0.4, -0.2) is 33.8 Å². The summed E-state index contributed by atoms with van der Waals surface area (Å²) in [5.74, 6) is 1.31. The van der Waals surface area contributed by atoms with Gasteiger partial charge in [-0.3, -0.25) is 4.68 Å². The van der Waals surface area contributed by atoms with Crippen LogP contribution in [0.15, 0.2) is 28.8 Å². The number of guanidine groups is 1. The molecule has 0 aliphatic rings. The highest BCUT2D eigenvalue weighted by Crippen LogP contribution is 2.18. The highest BCUT2D eigenvalue weighted by atomic mass is 127. The van der Waals surface area contributed by atoms with Gasteiger partial charge in [-0.2, -0.15) is 5.10 Å². The Bertz CT molecular complexity index is 593. The molecule has 0 unspecified atom stereocenters. The molecular weight excluding hydrogens is 435 g/mol. The van der Waals surface area contributed by atoms with Gasteiger partial charge in [0.2, 0.25) is 0 Å². The van der Waals surface area contributed by atoms with Gasteiger partial charge in [0, 0.05) is 37.4 Å². The summed E-state index contributed by atoms with van der Waals surface area (Å²) < 4.78 is 1.94. The predicted octanol–water partition coefficient (Wildman–Crippen LogP) is 3.23. The molecule has 0 fully saturated rings. The van der Waals surface area contributed by atoms with Crippen LogP contribution in [0.3, 0.4) is 0 Å². The van der Waals surface area contributed by atoms with Crippen molar-refractivity contribution in [2.45, 2.75) is 46.2 Å². The molecule has 0 atom stereocenters. The Morgan fingerprint density at radius 3 is 2.83 bits per heavy atom. The van der Waals surface area contributed by atoms with Crippen LogP contribution in [0.25, 0.3) is 0 Å². The van der Waals surface area contributed by atoms with Gasteiger partial charge < -0.3 is 10.6 Å². The van der Waals surface area contributed by atoms with Gasteiger partial charge >= 0.3 is 0 Å². The summed E-state index contributed by atoms with van der Waals surface area (Å²) in [6.45, 7) is 9.62. The molecule has 0 radical (unpaired) electrons. The SMILES string of the molecule is CCNC(=NCc1nc(C(C)C)cs1)NCCCn1cccn1.I. The quantitative estimate of drug-likeness (QED) is 0.274. The van der Waals surface area contributed by atoms with E-state index in [1.807, 2.05) is 16.9 Å². The Hall–Kier alpha value is -1.16. The number of thiazole rings is 1. The Kier molecular flexibility index (Phi) is 9.92. The molecule has 6 nitrogen and oxygen atoms in total. The third-order valence-electron chi connectivity index (χ3n) is 3.29. The van der Waals surface area contributed by atoms with Crippen LogP contribution < -0.4 is 10.6 Å². The molecule has 0 saturated heterocycles. The van der Waals surface area contributed by atoms with Gasteiger partial charge in [-0.15, -0.1) is 35.3 Å². The summed E-state index contributed by atoms with van der Waals surface area (Å²) in [5.41, 5.74) is 1.15. The van der Waals surface area contributed by atoms with E-state index in [0.29, 0.717) is 12.5 Å². The molecule has 0 saturated carbocycles. The van der Waals surface area contributed by atoms with E-state index in [1.165, 1.54) is 0 Å². The Morgan fingerprint density at radius 2 is 2.21 bits per heavy atom. The second-order valence-electron chi connectivity index (χ2n) is 5.57. The van der Waals surface area contributed by atoms with Crippen molar-refractivity contribution in [3.8, 4) is 0 Å². The van der Waals surface area contributed by atoms with Gasteiger partial charge in [-0.1, -0.05) is 13.8 Å². The van der Waals surface area contributed by atoms with Gasteiger partial charge in [0.1, 0.15) is 5.01 Å². The first-order valence-electron chi connectivity index (χ1n) is 8.13. The smallest absolute Gasteiger partial charge is 0.191 e. The third kappa shape index (κ3) is 7.16. The molecular formula is C16H27IN6S. The van der Waals surface area contributed by atoms with E-state index in [-0.39, 0.29) is 24.0 Å². The fourth-order valence-electron chi connectivity index (χ4n) is 2.03. The first-order chi connectivity index (χ1) is 11.2. The number of nitrogens with one attached hydrogen (secondary N) is 2. The summed E-state index contributed by atoms with van der Waals surface area (Å²) >= 11 is 1.68. The molecule has 24 heavy (non-hydrogen) atoms. The molecule has 2 aromatic rings. The van der Waals surface area contributed by atoms with E-state index in [1.54, 1.807) is 17.5 Å². The van der Waals surface area contributed by atoms with E-state index >= 15 is 0 Å². The molecule has 0 spiro atoms. The predicted molar refractivity (Wildman–Crippen MR) is 111 cm³/mol. The van der Waals surface area contributed by atoms with Crippen LogP contribution in [0.4, 0.5) is 0 Å². The average Bonchev–Trinajstić information content (AvgIpc) is 3.20. The maximum atomic E-state index is 4.62. The van der Waals surface area contributed by atoms with E-state index < -0.39 is 0 Å². The molecule has 2 N–H and O–H groups in total. The largest absolute Gasteiger partial charge is 0.357 e. The van der Waals surface area contributed by atoms with Gasteiger partial charge in [-0.05, 0) is 25.3 Å². The molecule has 0 aromatic carbocycles. The van der Waals surface area contributed by atoms with Crippen molar-refractivity contribution in [2.24, 2.45) is 4.99 Å². The van der Waals surface area contributed by atoms with Crippen molar-refractivity contribution >= 4 is 41.3 Å². The minimum atomic E-state index is 0. The van der Waals surface area contributed by atoms with Gasteiger partial charge in [-0.25, -0.2) is 9.98 Å². The molecule has 0 aliphatic carbocycles. The molecule has 2 aromatic heterocycles. The van der Waals surface area contributed by atoms with Gasteiger partial charge in [0.15, 0.2) is 5.96 Å². The molecule has 134 valence electrons. The molecule has 0 aliphatic heterocycles. The molecule has 2 rings (SSSR count). The lowest BCUT2D eigenvalue weighted by Crippen LogP contribution is -2.38. The second kappa shape index (κ2) is 11.4. The maximum absolute atomic E-state index is 4.62. The zero-order valence-electron chi connectivity index (χ0n) is 14.5. The minimum Gasteiger partial charge on any atom is -0.357 e. The Labute approximate surface area is 165 Å². The van der Waals surface area contributed by atoms with Crippen molar-refractivity contribution in [3.63, 3.8) is 0 Å². The highest BCUT2D eigenvalue weighted by Gasteiger charge is 2.05. The van der Waals surface area contributed by atoms with Crippen LogP contribution >= 0.6 is 35.3 Å². The number of rotatable bonds is 8. The van der Waals surface area contributed by atoms with Crippen molar-refractivity contribution < 1.29 is 0 Å². The summed E-state index contributed by atoms with van der Waals surface area (Å²) in [5, 5.41) is 14.0. The van der Waals surface area contributed by atoms with Crippen molar-refractivity contribution in [1.82, 2.24) is 25.4 Å². The van der Waals surface area contributed by atoms with E-state index in [0.717, 1.165) is 42.7 Å². The Balaban J connectivity index is 0.00000288. The van der Waals surface area contributed by atoms with E-state index in [2.05, 4.69) is 51.9 Å². The van der Waals surface area contributed by atoms with Crippen LogP contribution in [0, 0.1) is 0 Å². The lowest BCUT2D eigenvalue weighted by molar-refractivity contribution is 0.570. The lowest BCUT2D eigenvalue weighted by atomic mass is 10.2. The number of hydrogen-bond donors (Lipinski definition) is 2. The van der Waals surface area contributed by atoms with Crippen molar-refractivity contribution in [3.05, 3.63) is 34.5 Å². The fraction of sp³-hybridized carbons (Fsp3) is 0.562. The summed E-state index contributed by atoms with van der Waals surface area (Å²) in [4.78, 5) is 9.23. The molecule has 8 heteroatoms. The topological polar surface area (TPSA) is 67.1 Å². The molecule has 0 bridgehead atoms. The first kappa shape index (κ1) is 20.9. The van der Waals surface area contributed by atoms with Gasteiger partial charge in [0.05, 0.1) is 12.2 Å². The number of aromatic nitrogens is 3. The normalized spacial score (nSPS) is 11.4. The van der Waals surface area contributed by atoms with Crippen molar-refractivity contribution in [1.29, 1.82) is 0 Å². The number of hydrogen-bond acceptors (Lipinski definition) is 4. The maximum Gasteiger partial charge on any atom is 0.191 e. The number of halogens is 1. The Morgan fingerprint density at radius 1 is 1.38 bits per heavy atom. The highest BCUT2D eigenvalue weighted by molar-refractivity contribution is 14.0. The van der Waals surface area contributed by atoms with Crippen molar-refractivity contribution in [2.75, 3.05) is 13.1 Å². The third-order valence-corrected chi connectivity index (χ3v) is 4.15. The molecule has 0 amide bonds. The first-order valence-corrected chi connectivity index (χ1v) is 9.01. The molecule has 2 heterocycles. The van der Waals surface area contributed by atoms with Crippen LogP contribution in [0.5, 0.6) is 0 Å². The van der Waals surface area contributed by atoms with Gasteiger partial charge in [0.25, 0.3) is 0 Å². The van der Waals surface area contributed by atoms with E-state index in [4.69, 9.17) is 0 Å². The fourth-order valence-corrected chi connectivity index (χ4v) is 2.91. The minimum absolute atomic E-state index is 0. The lowest BCUT2D eigenvalue weighted by Gasteiger charge is -2.10. The van der Waals surface area contributed by atoms with E-state index in [9.17, 15) is 0 Å². The zero-order chi connectivity index (χ0) is 16.5. The standard InChI is InChI=1S/C16H26N6S.HI/c1-4-17-16(18-7-5-9-22-10-6-8-20-22)19-11-15-21-14(12-23-15)13(2)3;/h6,8,10,12-13H,4-5,7,9,11H2,1-3H3,(H2,17,18,19);1H. The van der Waals surface area contributed by atoms with Crippen LogP contribution in [0.1, 0.15) is 43.8 Å². The number of nitrogens with zero attached hydrogens (tertiary/aromatic N) is 4. The average molecular weight is 462 g/mol. The second-order valence-corrected chi connectivity index (χ2v) is 6.51. The summed E-state index contributed by atoms with van der Waals surface area (Å²) in [7, 11) is 0. The number of aryl methyl sites for hydroxylation is 1. The van der Waals surface area contributed by atoms with Crippen LogP contribution in [-0.2, 0) is 13.1 Å². The van der Waals surface area contributed by atoms with Crippen LogP contribution in [0.2, 0.25) is 0 Å². The summed E-state index contributed by atoms with van der Waals surface area (Å²) in [6, 6.07) is 1.94. The zero-order valence-corrected chi connectivity index (χ0v) is 17.7.